The van der Waals surface area contributed by atoms with Crippen LogP contribution >= 0.6 is 46.4 Å². The van der Waals surface area contributed by atoms with E-state index in [2.05, 4.69) is 0 Å². The van der Waals surface area contributed by atoms with Gasteiger partial charge in [0.1, 0.15) is 9.67 Å². The summed E-state index contributed by atoms with van der Waals surface area (Å²) in [7, 11) is 0. The number of rotatable bonds is 2. The Kier molecular flexibility index (Phi) is 16.7. The summed E-state index contributed by atoms with van der Waals surface area (Å²) in [5.41, 5.74) is 0. The molecule has 9 heteroatoms. The molecular formula is C4H2CdCl4O4. The second-order valence-corrected chi connectivity index (χ2v) is 3.43. The fourth-order valence-corrected chi connectivity index (χ4v) is 0. The van der Waals surface area contributed by atoms with Gasteiger partial charge in [0, 0.05) is 0 Å². The first kappa shape index (κ1) is 19.6. The van der Waals surface area contributed by atoms with Crippen LogP contribution < -0.4 is 10.2 Å². The minimum absolute atomic E-state index is 0. The molecule has 0 heterocycles. The average molecular weight is 368 g/mol. The van der Waals surface area contributed by atoms with E-state index in [1.54, 1.807) is 0 Å². The number of halogens is 4. The Bertz CT molecular complexity index is 144. The number of aliphatic carboxylic acids is 2. The molecule has 0 aliphatic carbocycles. The molecule has 72 valence electrons. The molecule has 0 aromatic rings. The molecule has 0 N–H and O–H groups in total. The number of carbonyl (C=O) groups is 2. The second kappa shape index (κ2) is 11.1. The molecule has 4 nitrogen and oxygen atoms in total. The van der Waals surface area contributed by atoms with Crippen molar-refractivity contribution in [1.29, 1.82) is 0 Å². The maximum atomic E-state index is 9.32. The van der Waals surface area contributed by atoms with E-state index in [1.807, 2.05) is 0 Å². The van der Waals surface area contributed by atoms with Gasteiger partial charge in [0.05, 0.1) is 11.9 Å². The average Bonchev–Trinajstić information content (AvgIpc) is 1.88. The molecule has 0 unspecified atom stereocenters. The Morgan fingerprint density at radius 3 is 0.923 bits per heavy atom. The molecule has 0 saturated heterocycles. The van der Waals surface area contributed by atoms with Gasteiger partial charge in [0.15, 0.2) is 0 Å². The number of hydrogen-bond acceptors (Lipinski definition) is 4. The number of hydrogen-bond donors (Lipinski definition) is 0. The van der Waals surface area contributed by atoms with Crippen LogP contribution in [0.15, 0.2) is 0 Å². The molecule has 0 aromatic heterocycles. The van der Waals surface area contributed by atoms with Gasteiger partial charge in [-0.25, -0.2) is 0 Å². The molecule has 0 bridgehead atoms. The van der Waals surface area contributed by atoms with Gasteiger partial charge in [-0.2, -0.15) is 0 Å². The van der Waals surface area contributed by atoms with Crippen LogP contribution in [-0.4, -0.2) is 21.6 Å². The topological polar surface area (TPSA) is 80.3 Å². The van der Waals surface area contributed by atoms with E-state index in [0.29, 0.717) is 0 Å². The molecule has 0 aliphatic rings. The normalized spacial score (nSPS) is 8.46. The summed E-state index contributed by atoms with van der Waals surface area (Å²) >= 11 is 18.9. The fraction of sp³-hybridized carbons (Fsp3) is 0.500. The maximum absolute atomic E-state index is 9.32. The largest absolute Gasteiger partial charge is 2.00 e. The summed E-state index contributed by atoms with van der Waals surface area (Å²) < 4.78 is 0. The molecule has 0 amide bonds. The predicted molar refractivity (Wildman–Crippen MR) is 41.0 cm³/mol. The van der Waals surface area contributed by atoms with Crippen LogP contribution in [0.5, 0.6) is 0 Å². The maximum Gasteiger partial charge on any atom is 2.00 e. The van der Waals surface area contributed by atoms with Crippen molar-refractivity contribution in [3.63, 3.8) is 0 Å². The van der Waals surface area contributed by atoms with Crippen molar-refractivity contribution >= 4 is 58.3 Å². The summed E-state index contributed by atoms with van der Waals surface area (Å²) in [6, 6.07) is 0. The van der Waals surface area contributed by atoms with Crippen molar-refractivity contribution in [1.82, 2.24) is 0 Å². The first-order valence-electron chi connectivity index (χ1n) is 2.27. The molecule has 0 aromatic carbocycles. The van der Waals surface area contributed by atoms with E-state index < -0.39 is 21.6 Å². The molecule has 0 aliphatic heterocycles. The zero-order chi connectivity index (χ0) is 10.3. The van der Waals surface area contributed by atoms with Gasteiger partial charge in [0.2, 0.25) is 0 Å². The molecule has 13 heavy (non-hydrogen) atoms. The number of alkyl halides is 4. The fourth-order valence-electron chi connectivity index (χ4n) is 0. The summed E-state index contributed by atoms with van der Waals surface area (Å²) in [4.78, 5) is 15.9. The van der Waals surface area contributed by atoms with Crippen LogP contribution in [-0.2, 0) is 36.9 Å². The van der Waals surface area contributed by atoms with Gasteiger partial charge in [0.25, 0.3) is 0 Å². The van der Waals surface area contributed by atoms with Gasteiger partial charge in [-0.05, 0) is 0 Å². The van der Waals surface area contributed by atoms with Crippen LogP contribution in [0.25, 0.3) is 0 Å². The van der Waals surface area contributed by atoms with Crippen molar-refractivity contribution in [3.8, 4) is 0 Å². The van der Waals surface area contributed by atoms with E-state index >= 15 is 0 Å². The number of carboxylic acids is 2. The van der Waals surface area contributed by atoms with E-state index in [0.717, 1.165) is 0 Å². The van der Waals surface area contributed by atoms with Gasteiger partial charge in [-0.15, -0.1) is 0 Å². The molecule has 0 radical (unpaired) electrons. The van der Waals surface area contributed by atoms with Crippen LogP contribution in [0, 0.1) is 0 Å². The zero-order valence-electron chi connectivity index (χ0n) is 6.01. The summed E-state index contributed by atoms with van der Waals surface area (Å²) in [5.74, 6) is -2.92. The zero-order valence-corrected chi connectivity index (χ0v) is 13.1. The van der Waals surface area contributed by atoms with Crippen molar-refractivity contribution in [3.05, 3.63) is 0 Å². The minimum Gasteiger partial charge on any atom is -0.547 e. The quantitative estimate of drug-likeness (QED) is 0.466. The Balaban J connectivity index is -0.000000143. The third-order valence-corrected chi connectivity index (χ3v) is 1.07. The van der Waals surface area contributed by atoms with E-state index in [9.17, 15) is 19.8 Å². The molecule has 0 rings (SSSR count). The smallest absolute Gasteiger partial charge is 0.547 e. The second-order valence-electron chi connectivity index (χ2n) is 1.24. The Morgan fingerprint density at radius 1 is 0.846 bits per heavy atom. The standard InChI is InChI=1S/2C2H2Cl2O2.Cd/c2*3-1(4)2(5)6;/h2*1H,(H,5,6);/q;;+2/p-2. The van der Waals surface area contributed by atoms with Gasteiger partial charge < -0.3 is 19.8 Å². The van der Waals surface area contributed by atoms with E-state index in [1.165, 1.54) is 0 Å². The first-order valence-corrected chi connectivity index (χ1v) is 4.01. The molecule has 0 saturated carbocycles. The summed E-state index contributed by atoms with van der Waals surface area (Å²) in [5, 5.41) is 18.6. The van der Waals surface area contributed by atoms with Crippen LogP contribution in [0.3, 0.4) is 0 Å². The van der Waals surface area contributed by atoms with Crippen LogP contribution in [0.1, 0.15) is 0 Å². The molecule has 0 atom stereocenters. The predicted octanol–water partition coefficient (Wildman–Crippen LogP) is -0.922. The summed E-state index contributed by atoms with van der Waals surface area (Å²) in [6.07, 6.45) is 0. The number of carboxylic acid groups (broad SMARTS) is 2. The SMILES string of the molecule is O=C([O-])C(Cl)Cl.O=C([O-])C(Cl)Cl.[Cd+2]. The monoisotopic (exact) mass is 368 g/mol. The van der Waals surface area contributed by atoms with Crippen LogP contribution in [0.4, 0.5) is 0 Å². The van der Waals surface area contributed by atoms with Crippen molar-refractivity contribution in [2.75, 3.05) is 0 Å². The van der Waals surface area contributed by atoms with Gasteiger partial charge in [-0.1, -0.05) is 46.4 Å². The van der Waals surface area contributed by atoms with Crippen LogP contribution in [0.2, 0.25) is 0 Å². The first-order chi connectivity index (χ1) is 5.29. The summed E-state index contributed by atoms with van der Waals surface area (Å²) in [6.45, 7) is 0. The van der Waals surface area contributed by atoms with Crippen molar-refractivity contribution < 1.29 is 47.1 Å². The van der Waals surface area contributed by atoms with Gasteiger partial charge >= 0.3 is 27.3 Å². The van der Waals surface area contributed by atoms with Crippen molar-refractivity contribution in [2.45, 2.75) is 9.67 Å². The number of carbonyl (C=O) groups excluding carboxylic acids is 2. The third kappa shape index (κ3) is 19.4. The molecule has 0 fully saturated rings. The Hall–Kier alpha value is 1.02. The molecular weight excluding hydrogens is 366 g/mol. The third-order valence-electron chi connectivity index (χ3n) is 0.356. The van der Waals surface area contributed by atoms with Crippen molar-refractivity contribution in [2.24, 2.45) is 0 Å². The Labute approximate surface area is 114 Å². The van der Waals surface area contributed by atoms with E-state index in [4.69, 9.17) is 46.4 Å². The Morgan fingerprint density at radius 2 is 0.923 bits per heavy atom. The van der Waals surface area contributed by atoms with Gasteiger partial charge in [-0.3, -0.25) is 0 Å². The van der Waals surface area contributed by atoms with E-state index in [-0.39, 0.29) is 27.3 Å². The minimum atomic E-state index is -1.46. The molecule has 0 spiro atoms.